The number of piperazine rings is 1. The SMILES string of the molecule is C[C@H]1CN(Cc2cc(Cl)cc3c2OCOC3)CCN1c1nccn2cnnc12. The highest BCUT2D eigenvalue weighted by Crippen LogP contribution is 2.33. The predicted octanol–water partition coefficient (Wildman–Crippen LogP) is 2.35. The summed E-state index contributed by atoms with van der Waals surface area (Å²) in [5.74, 6) is 1.80. The fourth-order valence-electron chi connectivity index (χ4n) is 4.05. The summed E-state index contributed by atoms with van der Waals surface area (Å²) in [6, 6.07) is 4.22. The van der Waals surface area contributed by atoms with Gasteiger partial charge in [-0.15, -0.1) is 10.2 Å². The lowest BCUT2D eigenvalue weighted by atomic mass is 10.1. The fourth-order valence-corrected chi connectivity index (χ4v) is 4.32. The second-order valence-electron chi connectivity index (χ2n) is 7.25. The van der Waals surface area contributed by atoms with Gasteiger partial charge in [-0.1, -0.05) is 11.6 Å². The maximum Gasteiger partial charge on any atom is 0.203 e. The van der Waals surface area contributed by atoms with Crippen molar-refractivity contribution < 1.29 is 9.47 Å². The zero-order valence-corrected chi connectivity index (χ0v) is 16.3. The molecule has 2 aromatic heterocycles. The lowest BCUT2D eigenvalue weighted by molar-refractivity contribution is -0.0175. The third-order valence-corrected chi connectivity index (χ3v) is 5.54. The number of nitrogens with zero attached hydrogens (tertiary/aromatic N) is 6. The van der Waals surface area contributed by atoms with E-state index in [0.717, 1.165) is 59.5 Å². The van der Waals surface area contributed by atoms with Gasteiger partial charge in [-0.2, -0.15) is 0 Å². The van der Waals surface area contributed by atoms with Gasteiger partial charge in [0.25, 0.3) is 0 Å². The molecule has 1 atom stereocenters. The zero-order chi connectivity index (χ0) is 19.1. The Morgan fingerprint density at radius 1 is 1.29 bits per heavy atom. The molecule has 0 radical (unpaired) electrons. The molecule has 2 aliphatic heterocycles. The van der Waals surface area contributed by atoms with Crippen molar-refractivity contribution in [2.24, 2.45) is 0 Å². The van der Waals surface area contributed by atoms with E-state index in [2.05, 4.69) is 31.9 Å². The molecule has 0 unspecified atom stereocenters. The molecule has 1 aromatic carbocycles. The first kappa shape index (κ1) is 17.7. The van der Waals surface area contributed by atoms with E-state index in [9.17, 15) is 0 Å². The Morgan fingerprint density at radius 2 is 2.21 bits per heavy atom. The van der Waals surface area contributed by atoms with Gasteiger partial charge in [0.2, 0.25) is 5.65 Å². The number of hydrogen-bond donors (Lipinski definition) is 0. The predicted molar refractivity (Wildman–Crippen MR) is 105 cm³/mol. The van der Waals surface area contributed by atoms with Crippen LogP contribution >= 0.6 is 11.6 Å². The number of rotatable bonds is 3. The van der Waals surface area contributed by atoms with Crippen LogP contribution in [-0.2, 0) is 17.9 Å². The summed E-state index contributed by atoms with van der Waals surface area (Å²) < 4.78 is 13.0. The van der Waals surface area contributed by atoms with Crippen LogP contribution in [0, 0.1) is 0 Å². The smallest absolute Gasteiger partial charge is 0.203 e. The topological polar surface area (TPSA) is 68.0 Å². The third-order valence-electron chi connectivity index (χ3n) is 5.33. The average molecular weight is 401 g/mol. The second kappa shape index (κ2) is 7.20. The normalized spacial score (nSPS) is 20.2. The van der Waals surface area contributed by atoms with E-state index < -0.39 is 0 Å². The van der Waals surface area contributed by atoms with Crippen molar-refractivity contribution >= 4 is 23.1 Å². The molecule has 5 rings (SSSR count). The van der Waals surface area contributed by atoms with Gasteiger partial charge >= 0.3 is 0 Å². The van der Waals surface area contributed by atoms with Crippen molar-refractivity contribution in [3.05, 3.63) is 47.0 Å². The highest BCUT2D eigenvalue weighted by atomic mass is 35.5. The molecule has 4 heterocycles. The van der Waals surface area contributed by atoms with Crippen molar-refractivity contribution in [3.63, 3.8) is 0 Å². The largest absolute Gasteiger partial charge is 0.467 e. The van der Waals surface area contributed by atoms with Crippen molar-refractivity contribution in [2.45, 2.75) is 26.1 Å². The van der Waals surface area contributed by atoms with Crippen LogP contribution in [-0.4, -0.2) is 57.0 Å². The molecule has 2 aliphatic rings. The van der Waals surface area contributed by atoms with Gasteiger partial charge in [-0.25, -0.2) is 4.98 Å². The summed E-state index contributed by atoms with van der Waals surface area (Å²) in [6.07, 6.45) is 5.36. The minimum Gasteiger partial charge on any atom is -0.467 e. The van der Waals surface area contributed by atoms with Crippen LogP contribution < -0.4 is 9.64 Å². The van der Waals surface area contributed by atoms with Gasteiger partial charge in [0.1, 0.15) is 12.1 Å². The molecule has 146 valence electrons. The Balaban J connectivity index is 1.34. The van der Waals surface area contributed by atoms with E-state index in [1.54, 1.807) is 12.5 Å². The molecular weight excluding hydrogens is 380 g/mol. The van der Waals surface area contributed by atoms with Gasteiger partial charge in [0.05, 0.1) is 6.61 Å². The van der Waals surface area contributed by atoms with Gasteiger partial charge in [0, 0.05) is 60.8 Å². The van der Waals surface area contributed by atoms with Crippen molar-refractivity contribution in [1.82, 2.24) is 24.5 Å². The first-order chi connectivity index (χ1) is 13.7. The van der Waals surface area contributed by atoms with Crippen LogP contribution in [0.2, 0.25) is 5.02 Å². The van der Waals surface area contributed by atoms with E-state index in [1.165, 1.54) is 0 Å². The molecule has 8 nitrogen and oxygen atoms in total. The number of aromatic nitrogens is 4. The lowest BCUT2D eigenvalue weighted by Crippen LogP contribution is -2.52. The van der Waals surface area contributed by atoms with E-state index >= 15 is 0 Å². The van der Waals surface area contributed by atoms with Crippen LogP contribution in [0.5, 0.6) is 5.75 Å². The van der Waals surface area contributed by atoms with E-state index in [1.807, 2.05) is 22.7 Å². The Bertz CT molecular complexity index is 1010. The molecule has 0 amide bonds. The molecule has 0 bridgehead atoms. The molecule has 0 aliphatic carbocycles. The Hall–Kier alpha value is -2.42. The number of anilines is 1. The Kier molecular flexibility index (Phi) is 4.54. The van der Waals surface area contributed by atoms with Gasteiger partial charge in [-0.05, 0) is 19.1 Å². The molecule has 3 aromatic rings. The highest BCUT2D eigenvalue weighted by molar-refractivity contribution is 6.30. The number of ether oxygens (including phenoxy) is 2. The van der Waals surface area contributed by atoms with Crippen molar-refractivity contribution in [1.29, 1.82) is 0 Å². The monoisotopic (exact) mass is 400 g/mol. The number of halogens is 1. The average Bonchev–Trinajstić information content (AvgIpc) is 3.17. The summed E-state index contributed by atoms with van der Waals surface area (Å²) in [5.41, 5.74) is 2.92. The number of hydrogen-bond acceptors (Lipinski definition) is 7. The van der Waals surface area contributed by atoms with E-state index in [0.29, 0.717) is 19.4 Å². The molecule has 0 spiro atoms. The summed E-state index contributed by atoms with van der Waals surface area (Å²) in [7, 11) is 0. The van der Waals surface area contributed by atoms with Gasteiger partial charge < -0.3 is 14.4 Å². The number of benzene rings is 1. The molecular formula is C19H21ClN6O2. The summed E-state index contributed by atoms with van der Waals surface area (Å²) in [4.78, 5) is 9.29. The van der Waals surface area contributed by atoms with Gasteiger partial charge in [-0.3, -0.25) is 9.30 Å². The Morgan fingerprint density at radius 3 is 3.11 bits per heavy atom. The molecule has 28 heavy (non-hydrogen) atoms. The summed E-state index contributed by atoms with van der Waals surface area (Å²) in [6.45, 7) is 6.54. The van der Waals surface area contributed by atoms with E-state index in [4.69, 9.17) is 21.1 Å². The van der Waals surface area contributed by atoms with Crippen LogP contribution in [0.15, 0.2) is 30.9 Å². The quantitative estimate of drug-likeness (QED) is 0.668. The summed E-state index contributed by atoms with van der Waals surface area (Å²) >= 11 is 6.31. The maximum absolute atomic E-state index is 6.31. The third kappa shape index (κ3) is 3.17. The fraction of sp³-hybridized carbons (Fsp3) is 0.421. The highest BCUT2D eigenvalue weighted by Gasteiger charge is 2.28. The van der Waals surface area contributed by atoms with E-state index in [-0.39, 0.29) is 0 Å². The Labute approximate surface area is 167 Å². The standard InChI is InChI=1S/C19H21ClN6O2/c1-13-8-24(9-14-6-16(20)7-15-10-27-12-28-17(14)15)4-5-26(13)18-19-23-22-11-25(19)3-2-21-18/h2-3,6-7,11,13H,4-5,8-10,12H2,1H3/t13-/m0/s1. The molecule has 0 N–H and O–H groups in total. The zero-order valence-electron chi connectivity index (χ0n) is 15.6. The first-order valence-corrected chi connectivity index (χ1v) is 9.72. The van der Waals surface area contributed by atoms with Crippen LogP contribution in [0.3, 0.4) is 0 Å². The minimum absolute atomic E-state index is 0.292. The molecule has 1 saturated heterocycles. The first-order valence-electron chi connectivity index (χ1n) is 9.34. The maximum atomic E-state index is 6.31. The number of fused-ring (bicyclic) bond motifs is 2. The molecule has 9 heteroatoms. The van der Waals surface area contributed by atoms with Crippen LogP contribution in [0.4, 0.5) is 5.82 Å². The van der Waals surface area contributed by atoms with Crippen LogP contribution in [0.25, 0.3) is 5.65 Å². The van der Waals surface area contributed by atoms with Crippen molar-refractivity contribution in [2.75, 3.05) is 31.3 Å². The van der Waals surface area contributed by atoms with Crippen LogP contribution in [0.1, 0.15) is 18.1 Å². The lowest BCUT2D eigenvalue weighted by Gasteiger charge is -2.40. The van der Waals surface area contributed by atoms with Gasteiger partial charge in [0.15, 0.2) is 12.6 Å². The minimum atomic E-state index is 0.292. The summed E-state index contributed by atoms with van der Waals surface area (Å²) in [5, 5.41) is 8.95. The molecule has 0 saturated carbocycles. The molecule has 1 fully saturated rings. The van der Waals surface area contributed by atoms with Crippen molar-refractivity contribution in [3.8, 4) is 5.75 Å². The second-order valence-corrected chi connectivity index (χ2v) is 7.69.